The van der Waals surface area contributed by atoms with E-state index < -0.39 is 0 Å². The van der Waals surface area contributed by atoms with Crippen molar-refractivity contribution in [1.29, 1.82) is 0 Å². The summed E-state index contributed by atoms with van der Waals surface area (Å²) in [5.74, 6) is 0. The molecule has 0 aliphatic heterocycles. The van der Waals surface area contributed by atoms with E-state index in [1.165, 1.54) is 29.5 Å². The summed E-state index contributed by atoms with van der Waals surface area (Å²) in [6.45, 7) is 6.45. The van der Waals surface area contributed by atoms with Gasteiger partial charge in [0.2, 0.25) is 0 Å². The summed E-state index contributed by atoms with van der Waals surface area (Å²) in [7, 11) is 0. The molecule has 0 fully saturated rings. The highest BCUT2D eigenvalue weighted by molar-refractivity contribution is 5.29. The van der Waals surface area contributed by atoms with E-state index >= 15 is 0 Å². The number of rotatable bonds is 3. The Hall–Kier alpha value is -0.780. The Balaban J connectivity index is 2.69. The molecule has 0 N–H and O–H groups in total. The lowest BCUT2D eigenvalue weighted by Crippen LogP contribution is -1.87. The van der Waals surface area contributed by atoms with Crippen LogP contribution in [0, 0.1) is 20.3 Å². The van der Waals surface area contributed by atoms with Crippen LogP contribution in [0.15, 0.2) is 18.2 Å². The normalized spacial score (nSPS) is 10.2. The second-order valence-electron chi connectivity index (χ2n) is 3.37. The van der Waals surface area contributed by atoms with Crippen molar-refractivity contribution < 1.29 is 0 Å². The first-order valence-electron chi connectivity index (χ1n) is 4.58. The van der Waals surface area contributed by atoms with E-state index in [4.69, 9.17) is 0 Å². The Bertz CT molecular complexity index is 248. The van der Waals surface area contributed by atoms with Crippen molar-refractivity contribution in [1.82, 2.24) is 0 Å². The molecule has 0 nitrogen and oxygen atoms in total. The Kier molecular flexibility index (Phi) is 3.33. The number of hydrogen-bond donors (Lipinski definition) is 0. The van der Waals surface area contributed by atoms with Gasteiger partial charge in [0.1, 0.15) is 0 Å². The monoisotopic (exact) mass is 161 g/mol. The van der Waals surface area contributed by atoms with E-state index in [1.54, 1.807) is 0 Å². The summed E-state index contributed by atoms with van der Waals surface area (Å²) in [5, 5.41) is 0. The molecule has 0 heterocycles. The molecule has 0 aliphatic rings. The highest BCUT2D eigenvalue weighted by Crippen LogP contribution is 2.11. The SMILES string of the molecule is C[CH]CCc1ccc(C)c(C)c1. The van der Waals surface area contributed by atoms with Crippen molar-refractivity contribution in [3.63, 3.8) is 0 Å². The average molecular weight is 161 g/mol. The minimum atomic E-state index is 1.18. The van der Waals surface area contributed by atoms with Crippen LogP contribution >= 0.6 is 0 Å². The van der Waals surface area contributed by atoms with E-state index in [2.05, 4.69) is 45.4 Å². The Labute approximate surface area is 75.6 Å². The van der Waals surface area contributed by atoms with Crippen LogP contribution in [0.5, 0.6) is 0 Å². The summed E-state index contributed by atoms with van der Waals surface area (Å²) in [5.41, 5.74) is 4.25. The lowest BCUT2D eigenvalue weighted by atomic mass is 10.0. The van der Waals surface area contributed by atoms with Crippen molar-refractivity contribution in [3.05, 3.63) is 41.3 Å². The van der Waals surface area contributed by atoms with Gasteiger partial charge in [-0.3, -0.25) is 0 Å². The molecule has 1 aromatic rings. The van der Waals surface area contributed by atoms with Crippen molar-refractivity contribution in [2.75, 3.05) is 0 Å². The third-order valence-electron chi connectivity index (χ3n) is 2.29. The van der Waals surface area contributed by atoms with Gasteiger partial charge in [0, 0.05) is 0 Å². The maximum atomic E-state index is 2.29. The lowest BCUT2D eigenvalue weighted by Gasteiger charge is -2.03. The molecular formula is C12H17. The number of aryl methyl sites for hydroxylation is 3. The summed E-state index contributed by atoms with van der Waals surface area (Å²) in [6.07, 6.45) is 4.58. The molecule has 1 radical (unpaired) electrons. The summed E-state index contributed by atoms with van der Waals surface area (Å²) >= 11 is 0. The van der Waals surface area contributed by atoms with Gasteiger partial charge in [0.05, 0.1) is 0 Å². The highest BCUT2D eigenvalue weighted by atomic mass is 14.0. The quantitative estimate of drug-likeness (QED) is 0.637. The first-order valence-corrected chi connectivity index (χ1v) is 4.58. The fraction of sp³-hybridized carbons (Fsp3) is 0.417. The zero-order chi connectivity index (χ0) is 8.97. The predicted molar refractivity (Wildman–Crippen MR) is 54.2 cm³/mol. The third-order valence-corrected chi connectivity index (χ3v) is 2.29. The number of hydrogen-bond acceptors (Lipinski definition) is 0. The molecule has 12 heavy (non-hydrogen) atoms. The van der Waals surface area contributed by atoms with Gasteiger partial charge in [0.15, 0.2) is 0 Å². The molecular weight excluding hydrogens is 144 g/mol. The van der Waals surface area contributed by atoms with Crippen LogP contribution in [0.25, 0.3) is 0 Å². The van der Waals surface area contributed by atoms with Gasteiger partial charge in [-0.2, -0.15) is 0 Å². The van der Waals surface area contributed by atoms with Crippen LogP contribution in [0.4, 0.5) is 0 Å². The largest absolute Gasteiger partial charge is 0.0622 e. The van der Waals surface area contributed by atoms with Crippen molar-refractivity contribution in [2.24, 2.45) is 0 Å². The molecule has 0 saturated carbocycles. The van der Waals surface area contributed by atoms with Gasteiger partial charge in [0.25, 0.3) is 0 Å². The number of unbranched alkanes of at least 4 members (excludes halogenated alkanes) is 1. The lowest BCUT2D eigenvalue weighted by molar-refractivity contribution is 0.933. The maximum Gasteiger partial charge on any atom is -0.0276 e. The molecule has 1 rings (SSSR count). The van der Waals surface area contributed by atoms with Gasteiger partial charge in [-0.15, -0.1) is 0 Å². The molecule has 0 amide bonds. The van der Waals surface area contributed by atoms with E-state index in [-0.39, 0.29) is 0 Å². The van der Waals surface area contributed by atoms with Crippen LogP contribution in [0.3, 0.4) is 0 Å². The van der Waals surface area contributed by atoms with E-state index in [0.29, 0.717) is 0 Å². The van der Waals surface area contributed by atoms with Gasteiger partial charge in [-0.1, -0.05) is 25.1 Å². The fourth-order valence-corrected chi connectivity index (χ4v) is 1.27. The van der Waals surface area contributed by atoms with Crippen LogP contribution in [0.2, 0.25) is 0 Å². The zero-order valence-corrected chi connectivity index (χ0v) is 8.22. The molecule has 0 aliphatic carbocycles. The smallest absolute Gasteiger partial charge is 0.0276 e. The second-order valence-corrected chi connectivity index (χ2v) is 3.37. The third kappa shape index (κ3) is 2.37. The standard InChI is InChI=1S/C12H17/c1-4-5-6-12-8-7-10(2)11(3)9-12/h4,7-9H,5-6H2,1-3H3. The van der Waals surface area contributed by atoms with Crippen LogP contribution in [-0.2, 0) is 6.42 Å². The van der Waals surface area contributed by atoms with E-state index in [1.807, 2.05) is 0 Å². The van der Waals surface area contributed by atoms with Gasteiger partial charge in [-0.05, 0) is 49.8 Å². The molecule has 0 atom stereocenters. The molecule has 0 bridgehead atoms. The van der Waals surface area contributed by atoms with Crippen LogP contribution in [0.1, 0.15) is 30.0 Å². The van der Waals surface area contributed by atoms with Crippen molar-refractivity contribution in [3.8, 4) is 0 Å². The molecule has 0 spiro atoms. The first kappa shape index (κ1) is 9.31. The Morgan fingerprint density at radius 1 is 1.17 bits per heavy atom. The molecule has 1 aromatic carbocycles. The molecule has 0 saturated heterocycles. The highest BCUT2D eigenvalue weighted by Gasteiger charge is 1.95. The topological polar surface area (TPSA) is 0 Å². The van der Waals surface area contributed by atoms with Gasteiger partial charge in [-0.25, -0.2) is 0 Å². The average Bonchev–Trinajstić information content (AvgIpc) is 2.07. The summed E-state index contributed by atoms with van der Waals surface area (Å²) < 4.78 is 0. The zero-order valence-electron chi connectivity index (χ0n) is 8.22. The molecule has 0 heteroatoms. The molecule has 0 aromatic heterocycles. The Morgan fingerprint density at radius 2 is 1.92 bits per heavy atom. The van der Waals surface area contributed by atoms with E-state index in [0.717, 1.165) is 0 Å². The minimum absolute atomic E-state index is 1.18. The molecule has 65 valence electrons. The van der Waals surface area contributed by atoms with Crippen LogP contribution in [-0.4, -0.2) is 0 Å². The summed E-state index contributed by atoms with van der Waals surface area (Å²) in [6, 6.07) is 6.73. The maximum absolute atomic E-state index is 2.29. The van der Waals surface area contributed by atoms with Crippen LogP contribution < -0.4 is 0 Å². The minimum Gasteiger partial charge on any atom is -0.0622 e. The van der Waals surface area contributed by atoms with Crippen molar-refractivity contribution in [2.45, 2.75) is 33.6 Å². The Morgan fingerprint density at radius 3 is 2.50 bits per heavy atom. The number of benzene rings is 1. The second kappa shape index (κ2) is 4.30. The van der Waals surface area contributed by atoms with Gasteiger partial charge >= 0.3 is 0 Å². The first-order chi connectivity index (χ1) is 5.74. The summed E-state index contributed by atoms with van der Waals surface area (Å²) in [4.78, 5) is 0. The predicted octanol–water partition coefficient (Wildman–Crippen LogP) is 3.46. The van der Waals surface area contributed by atoms with Crippen molar-refractivity contribution >= 4 is 0 Å². The fourth-order valence-electron chi connectivity index (χ4n) is 1.27. The van der Waals surface area contributed by atoms with E-state index in [9.17, 15) is 0 Å². The molecule has 0 unspecified atom stereocenters. The van der Waals surface area contributed by atoms with Gasteiger partial charge < -0.3 is 0 Å².